The summed E-state index contributed by atoms with van der Waals surface area (Å²) in [6.45, 7) is 2.16. The maximum Gasteiger partial charge on any atom is 0.338 e. The third kappa shape index (κ3) is 8.10. The molecule has 1 fully saturated rings. The van der Waals surface area contributed by atoms with E-state index in [2.05, 4.69) is 21.2 Å². The lowest BCUT2D eigenvalue weighted by molar-refractivity contribution is 0.0496. The summed E-state index contributed by atoms with van der Waals surface area (Å²) in [7, 11) is 0. The van der Waals surface area contributed by atoms with Crippen molar-refractivity contribution in [3.8, 4) is 0 Å². The van der Waals surface area contributed by atoms with Gasteiger partial charge < -0.3 is 20.9 Å². The van der Waals surface area contributed by atoms with Crippen molar-refractivity contribution in [3.63, 3.8) is 0 Å². The Hall–Kier alpha value is -1.11. The fraction of sp³-hybridized carbons (Fsp3) is 0.682. The number of esters is 1. The van der Waals surface area contributed by atoms with E-state index in [1.807, 2.05) is 6.07 Å². The minimum Gasteiger partial charge on any atom is -0.462 e. The van der Waals surface area contributed by atoms with Crippen molar-refractivity contribution in [3.05, 3.63) is 27.7 Å². The van der Waals surface area contributed by atoms with Crippen LogP contribution in [0.25, 0.3) is 0 Å². The number of unbranched alkanes of at least 4 members (excludes halogenated alkanes) is 2. The van der Waals surface area contributed by atoms with Gasteiger partial charge in [-0.2, -0.15) is 0 Å². The van der Waals surface area contributed by atoms with Crippen LogP contribution < -0.4 is 11.1 Å². The number of ether oxygens (including phenoxy) is 1. The van der Waals surface area contributed by atoms with Crippen LogP contribution in [0.4, 0.5) is 5.69 Å². The third-order valence-electron chi connectivity index (χ3n) is 5.49. The number of aliphatic hydroxyl groups excluding tert-OH is 1. The number of carbonyl (C=O) groups excluding carboxylic acids is 1. The number of halogens is 1. The van der Waals surface area contributed by atoms with Crippen molar-refractivity contribution in [1.82, 2.24) is 5.32 Å². The second kappa shape index (κ2) is 13.2. The average Bonchev–Trinajstić information content (AvgIpc) is 2.71. The summed E-state index contributed by atoms with van der Waals surface area (Å²) < 4.78 is 6.06. The molecule has 0 aliphatic heterocycles. The summed E-state index contributed by atoms with van der Waals surface area (Å²) in [6.07, 6.45) is 11.8. The van der Waals surface area contributed by atoms with Crippen LogP contribution in [0.3, 0.4) is 0 Å². The fourth-order valence-electron chi connectivity index (χ4n) is 3.79. The molecule has 158 valence electrons. The molecule has 0 saturated heterocycles. The Morgan fingerprint density at radius 3 is 2.71 bits per heavy atom. The van der Waals surface area contributed by atoms with E-state index in [1.165, 1.54) is 44.9 Å². The lowest BCUT2D eigenvalue weighted by atomic mass is 9.86. The SMILES string of the molecule is Nc1c(Br)cc(C(=O)OCCCCCO)cc1CNCCCC1CCCCC1. The molecule has 1 aromatic carbocycles. The number of hydrogen-bond donors (Lipinski definition) is 3. The van der Waals surface area contributed by atoms with Gasteiger partial charge in [-0.15, -0.1) is 0 Å². The van der Waals surface area contributed by atoms with Crippen molar-refractivity contribution in [2.24, 2.45) is 5.92 Å². The summed E-state index contributed by atoms with van der Waals surface area (Å²) in [5.74, 6) is 0.577. The zero-order valence-corrected chi connectivity index (χ0v) is 18.4. The smallest absolute Gasteiger partial charge is 0.338 e. The summed E-state index contributed by atoms with van der Waals surface area (Å²) in [5.41, 5.74) is 8.27. The van der Waals surface area contributed by atoms with Crippen LogP contribution in [0.1, 0.15) is 80.1 Å². The molecule has 0 unspecified atom stereocenters. The molecule has 0 amide bonds. The maximum atomic E-state index is 12.3. The van der Waals surface area contributed by atoms with Gasteiger partial charge in [0.1, 0.15) is 0 Å². The largest absolute Gasteiger partial charge is 0.462 e. The molecular weight excluding hydrogens is 420 g/mol. The molecule has 2 rings (SSSR count). The number of nitrogens with one attached hydrogen (secondary N) is 1. The van der Waals surface area contributed by atoms with E-state index in [1.54, 1.807) is 6.07 Å². The lowest BCUT2D eigenvalue weighted by Gasteiger charge is -2.21. The molecule has 4 N–H and O–H groups in total. The number of anilines is 1. The fourth-order valence-corrected chi connectivity index (χ4v) is 4.29. The van der Waals surface area contributed by atoms with E-state index in [9.17, 15) is 4.79 Å². The second-order valence-electron chi connectivity index (χ2n) is 7.77. The van der Waals surface area contributed by atoms with Crippen molar-refractivity contribution in [2.75, 3.05) is 25.5 Å². The van der Waals surface area contributed by atoms with Gasteiger partial charge in [0.25, 0.3) is 0 Å². The number of benzene rings is 1. The molecule has 0 aromatic heterocycles. The van der Waals surface area contributed by atoms with E-state index in [0.29, 0.717) is 24.4 Å². The predicted octanol–water partition coefficient (Wildman–Crippen LogP) is 4.80. The van der Waals surface area contributed by atoms with Crippen LogP contribution in [-0.4, -0.2) is 30.8 Å². The van der Waals surface area contributed by atoms with Gasteiger partial charge in [-0.25, -0.2) is 4.79 Å². The van der Waals surface area contributed by atoms with Gasteiger partial charge >= 0.3 is 5.97 Å². The van der Waals surface area contributed by atoms with E-state index in [-0.39, 0.29) is 12.6 Å². The number of hydrogen-bond acceptors (Lipinski definition) is 5. The Kier molecular flexibility index (Phi) is 10.9. The van der Waals surface area contributed by atoms with E-state index in [4.69, 9.17) is 15.6 Å². The Labute approximate surface area is 177 Å². The molecule has 28 heavy (non-hydrogen) atoms. The normalized spacial score (nSPS) is 14.9. The average molecular weight is 455 g/mol. The summed E-state index contributed by atoms with van der Waals surface area (Å²) >= 11 is 3.45. The van der Waals surface area contributed by atoms with Crippen LogP contribution >= 0.6 is 15.9 Å². The first-order valence-electron chi connectivity index (χ1n) is 10.7. The highest BCUT2D eigenvalue weighted by Gasteiger charge is 2.14. The van der Waals surface area contributed by atoms with Gasteiger partial charge in [-0.3, -0.25) is 0 Å². The molecule has 1 aliphatic rings. The minimum absolute atomic E-state index is 0.176. The highest BCUT2D eigenvalue weighted by atomic mass is 79.9. The monoisotopic (exact) mass is 454 g/mol. The lowest BCUT2D eigenvalue weighted by Crippen LogP contribution is -2.18. The molecule has 1 saturated carbocycles. The molecule has 1 aromatic rings. The summed E-state index contributed by atoms with van der Waals surface area (Å²) in [6, 6.07) is 3.54. The first kappa shape index (κ1) is 23.2. The molecule has 6 heteroatoms. The van der Waals surface area contributed by atoms with Gasteiger partial charge in [-0.1, -0.05) is 32.1 Å². The van der Waals surface area contributed by atoms with Crippen LogP contribution in [0.5, 0.6) is 0 Å². The third-order valence-corrected chi connectivity index (χ3v) is 6.15. The highest BCUT2D eigenvalue weighted by molar-refractivity contribution is 9.10. The molecule has 0 bridgehead atoms. The standard InChI is InChI=1S/C22H35BrN2O3/c23-20-15-18(22(27)28-13-6-2-5-12-26)14-19(21(20)24)16-25-11-7-10-17-8-3-1-4-9-17/h14-15,17,25-26H,1-13,16,24H2. The number of nitrogens with two attached hydrogens (primary N) is 1. The van der Waals surface area contributed by atoms with Crippen LogP contribution in [0.15, 0.2) is 16.6 Å². The first-order valence-corrected chi connectivity index (χ1v) is 11.5. The van der Waals surface area contributed by atoms with Crippen LogP contribution in [-0.2, 0) is 11.3 Å². The Morgan fingerprint density at radius 1 is 1.18 bits per heavy atom. The quantitative estimate of drug-likeness (QED) is 0.240. The maximum absolute atomic E-state index is 12.3. The highest BCUT2D eigenvalue weighted by Crippen LogP contribution is 2.28. The van der Waals surface area contributed by atoms with Gasteiger partial charge in [-0.05, 0) is 78.2 Å². The van der Waals surface area contributed by atoms with Gasteiger partial charge in [0, 0.05) is 17.6 Å². The van der Waals surface area contributed by atoms with E-state index < -0.39 is 0 Å². The van der Waals surface area contributed by atoms with E-state index >= 15 is 0 Å². The Balaban J connectivity index is 1.77. The molecule has 0 heterocycles. The number of carbonyl (C=O) groups is 1. The number of rotatable bonds is 12. The van der Waals surface area contributed by atoms with Crippen molar-refractivity contribution in [1.29, 1.82) is 0 Å². The van der Waals surface area contributed by atoms with Crippen molar-refractivity contribution < 1.29 is 14.6 Å². The topological polar surface area (TPSA) is 84.6 Å². The van der Waals surface area contributed by atoms with E-state index in [0.717, 1.165) is 41.8 Å². The second-order valence-corrected chi connectivity index (χ2v) is 8.63. The molecule has 0 spiro atoms. The van der Waals surface area contributed by atoms with Gasteiger partial charge in [0.2, 0.25) is 0 Å². The van der Waals surface area contributed by atoms with Crippen molar-refractivity contribution in [2.45, 2.75) is 70.8 Å². The zero-order valence-electron chi connectivity index (χ0n) is 16.9. The zero-order chi connectivity index (χ0) is 20.2. The molecule has 0 radical (unpaired) electrons. The Morgan fingerprint density at radius 2 is 1.96 bits per heavy atom. The van der Waals surface area contributed by atoms with Crippen molar-refractivity contribution >= 4 is 27.6 Å². The van der Waals surface area contributed by atoms with Crippen LogP contribution in [0, 0.1) is 5.92 Å². The van der Waals surface area contributed by atoms with Crippen LogP contribution in [0.2, 0.25) is 0 Å². The predicted molar refractivity (Wildman–Crippen MR) is 117 cm³/mol. The number of nitrogen functional groups attached to an aromatic ring is 1. The summed E-state index contributed by atoms with van der Waals surface area (Å²) in [5, 5.41) is 12.2. The molecule has 5 nitrogen and oxygen atoms in total. The molecule has 1 aliphatic carbocycles. The first-order chi connectivity index (χ1) is 13.6. The van der Waals surface area contributed by atoms with Gasteiger partial charge in [0.15, 0.2) is 0 Å². The Bertz CT molecular complexity index is 604. The van der Waals surface area contributed by atoms with Gasteiger partial charge in [0.05, 0.1) is 17.9 Å². The molecular formula is C22H35BrN2O3. The number of aliphatic hydroxyl groups is 1. The summed E-state index contributed by atoms with van der Waals surface area (Å²) in [4.78, 5) is 12.3. The minimum atomic E-state index is -0.330. The molecule has 0 atom stereocenters.